The van der Waals surface area contributed by atoms with Gasteiger partial charge in [-0.15, -0.1) is 0 Å². The third-order valence-electron chi connectivity index (χ3n) is 3.51. The standard InChI is InChI=1S/C16H19N3O2/c1-3-15(12-6-4-8-17-10-12)19(2)11-14-13(16(20)21)7-5-9-18-14/h4-10,15H,3,11H2,1-2H3,(H,20,21). The molecule has 0 spiro atoms. The molecule has 0 saturated carbocycles. The summed E-state index contributed by atoms with van der Waals surface area (Å²) in [5.74, 6) is -0.944. The van der Waals surface area contributed by atoms with Gasteiger partial charge in [0.15, 0.2) is 0 Å². The number of rotatable bonds is 6. The molecule has 5 heteroatoms. The van der Waals surface area contributed by atoms with Crippen LogP contribution >= 0.6 is 0 Å². The minimum Gasteiger partial charge on any atom is -0.478 e. The molecule has 1 unspecified atom stereocenters. The zero-order chi connectivity index (χ0) is 15.2. The Morgan fingerprint density at radius 1 is 1.33 bits per heavy atom. The van der Waals surface area contributed by atoms with Crippen LogP contribution in [0, 0.1) is 0 Å². The number of hydrogen-bond donors (Lipinski definition) is 1. The van der Waals surface area contributed by atoms with Crippen molar-refractivity contribution in [3.63, 3.8) is 0 Å². The van der Waals surface area contributed by atoms with Gasteiger partial charge in [0.05, 0.1) is 11.3 Å². The van der Waals surface area contributed by atoms with Crippen LogP contribution in [0.4, 0.5) is 0 Å². The summed E-state index contributed by atoms with van der Waals surface area (Å²) in [5, 5.41) is 9.22. The van der Waals surface area contributed by atoms with Crippen molar-refractivity contribution in [2.45, 2.75) is 25.9 Å². The maximum absolute atomic E-state index is 11.2. The Kier molecular flexibility index (Phi) is 5.00. The summed E-state index contributed by atoms with van der Waals surface area (Å²) < 4.78 is 0. The molecule has 21 heavy (non-hydrogen) atoms. The number of carboxylic acids is 1. The van der Waals surface area contributed by atoms with Crippen molar-refractivity contribution in [1.29, 1.82) is 0 Å². The van der Waals surface area contributed by atoms with Gasteiger partial charge in [-0.2, -0.15) is 0 Å². The van der Waals surface area contributed by atoms with Gasteiger partial charge >= 0.3 is 5.97 Å². The van der Waals surface area contributed by atoms with Crippen molar-refractivity contribution < 1.29 is 9.90 Å². The Hall–Kier alpha value is -2.27. The van der Waals surface area contributed by atoms with Gasteiger partial charge in [-0.05, 0) is 37.2 Å². The lowest BCUT2D eigenvalue weighted by atomic mass is 10.0. The van der Waals surface area contributed by atoms with Crippen LogP contribution in [0.3, 0.4) is 0 Å². The number of carbonyl (C=O) groups is 1. The molecule has 0 saturated heterocycles. The molecular weight excluding hydrogens is 266 g/mol. The zero-order valence-electron chi connectivity index (χ0n) is 12.2. The Balaban J connectivity index is 2.21. The highest BCUT2D eigenvalue weighted by Crippen LogP contribution is 2.24. The monoisotopic (exact) mass is 285 g/mol. The van der Waals surface area contributed by atoms with Crippen LogP contribution in [0.5, 0.6) is 0 Å². The van der Waals surface area contributed by atoms with Crippen molar-refractivity contribution in [1.82, 2.24) is 14.9 Å². The number of aromatic nitrogens is 2. The van der Waals surface area contributed by atoms with E-state index in [1.54, 1.807) is 24.5 Å². The summed E-state index contributed by atoms with van der Waals surface area (Å²) >= 11 is 0. The molecule has 0 radical (unpaired) electrons. The first-order valence-electron chi connectivity index (χ1n) is 6.90. The van der Waals surface area contributed by atoms with E-state index in [-0.39, 0.29) is 11.6 Å². The van der Waals surface area contributed by atoms with Crippen LogP contribution in [0.2, 0.25) is 0 Å². The third-order valence-corrected chi connectivity index (χ3v) is 3.51. The number of aromatic carboxylic acids is 1. The van der Waals surface area contributed by atoms with Crippen molar-refractivity contribution in [3.05, 3.63) is 59.7 Å². The lowest BCUT2D eigenvalue weighted by molar-refractivity contribution is 0.0693. The summed E-state index contributed by atoms with van der Waals surface area (Å²) in [5.41, 5.74) is 1.95. The first kappa shape index (κ1) is 15.1. The number of pyridine rings is 2. The van der Waals surface area contributed by atoms with Gasteiger partial charge in [0.1, 0.15) is 0 Å². The molecule has 2 heterocycles. The highest BCUT2D eigenvalue weighted by molar-refractivity contribution is 5.88. The molecular formula is C16H19N3O2. The number of carboxylic acid groups (broad SMARTS) is 1. The summed E-state index contributed by atoms with van der Waals surface area (Å²) in [6.07, 6.45) is 6.14. The van der Waals surface area contributed by atoms with Gasteiger partial charge in [0, 0.05) is 31.2 Å². The second-order valence-electron chi connectivity index (χ2n) is 4.93. The van der Waals surface area contributed by atoms with Crippen molar-refractivity contribution in [2.24, 2.45) is 0 Å². The second-order valence-corrected chi connectivity index (χ2v) is 4.93. The Bertz CT molecular complexity index is 601. The SMILES string of the molecule is CCC(c1cccnc1)N(C)Cc1ncccc1C(=O)O. The van der Waals surface area contributed by atoms with Crippen molar-refractivity contribution in [2.75, 3.05) is 7.05 Å². The fourth-order valence-electron chi connectivity index (χ4n) is 2.48. The normalized spacial score (nSPS) is 12.3. The highest BCUT2D eigenvalue weighted by Gasteiger charge is 2.18. The molecule has 0 bridgehead atoms. The molecule has 0 aliphatic carbocycles. The molecule has 2 aromatic rings. The minimum absolute atomic E-state index is 0.183. The maximum atomic E-state index is 11.2. The van der Waals surface area contributed by atoms with E-state index in [1.807, 2.05) is 25.4 Å². The van der Waals surface area contributed by atoms with Crippen molar-refractivity contribution in [3.8, 4) is 0 Å². The average Bonchev–Trinajstić information content (AvgIpc) is 2.49. The maximum Gasteiger partial charge on any atom is 0.337 e. The smallest absolute Gasteiger partial charge is 0.337 e. The highest BCUT2D eigenvalue weighted by atomic mass is 16.4. The second kappa shape index (κ2) is 6.95. The van der Waals surface area contributed by atoms with Crippen LogP contribution < -0.4 is 0 Å². The fourth-order valence-corrected chi connectivity index (χ4v) is 2.48. The van der Waals surface area contributed by atoms with E-state index in [0.29, 0.717) is 12.2 Å². The van der Waals surface area contributed by atoms with Gasteiger partial charge in [0.25, 0.3) is 0 Å². The number of nitrogens with zero attached hydrogens (tertiary/aromatic N) is 3. The van der Waals surface area contributed by atoms with E-state index in [0.717, 1.165) is 12.0 Å². The van der Waals surface area contributed by atoms with E-state index >= 15 is 0 Å². The van der Waals surface area contributed by atoms with E-state index in [9.17, 15) is 9.90 Å². The molecule has 1 atom stereocenters. The van der Waals surface area contributed by atoms with Crippen LogP contribution in [0.1, 0.15) is 41.0 Å². The Morgan fingerprint density at radius 3 is 2.71 bits per heavy atom. The molecule has 1 N–H and O–H groups in total. The van der Waals surface area contributed by atoms with Gasteiger partial charge in [-0.1, -0.05) is 13.0 Å². The molecule has 0 aromatic carbocycles. The minimum atomic E-state index is -0.944. The predicted octanol–water partition coefficient (Wildman–Crippen LogP) is 2.76. The number of hydrogen-bond acceptors (Lipinski definition) is 4. The van der Waals surface area contributed by atoms with Crippen LogP contribution in [-0.2, 0) is 6.54 Å². The molecule has 0 fully saturated rings. The summed E-state index contributed by atoms with van der Waals surface area (Å²) in [7, 11) is 1.97. The lowest BCUT2D eigenvalue weighted by Crippen LogP contribution is -2.25. The van der Waals surface area contributed by atoms with E-state index in [4.69, 9.17) is 0 Å². The molecule has 0 amide bonds. The Labute approximate surface area is 124 Å². The molecule has 2 aromatic heterocycles. The predicted molar refractivity (Wildman–Crippen MR) is 79.9 cm³/mol. The van der Waals surface area contributed by atoms with Crippen molar-refractivity contribution >= 4 is 5.97 Å². The van der Waals surface area contributed by atoms with Crippen LogP contribution in [-0.4, -0.2) is 33.0 Å². The lowest BCUT2D eigenvalue weighted by Gasteiger charge is -2.27. The average molecular weight is 285 g/mol. The first-order valence-corrected chi connectivity index (χ1v) is 6.90. The quantitative estimate of drug-likeness (QED) is 0.884. The van der Waals surface area contributed by atoms with Gasteiger partial charge in [-0.25, -0.2) is 4.79 Å². The first-order chi connectivity index (χ1) is 10.1. The van der Waals surface area contributed by atoms with E-state index < -0.39 is 5.97 Å². The molecule has 2 rings (SSSR count). The zero-order valence-corrected chi connectivity index (χ0v) is 12.2. The van der Waals surface area contributed by atoms with Gasteiger partial charge < -0.3 is 5.11 Å². The Morgan fingerprint density at radius 2 is 2.10 bits per heavy atom. The summed E-state index contributed by atoms with van der Waals surface area (Å²) in [4.78, 5) is 21.7. The molecule has 0 aliphatic heterocycles. The molecule has 5 nitrogen and oxygen atoms in total. The van der Waals surface area contributed by atoms with E-state index in [2.05, 4.69) is 21.8 Å². The summed E-state index contributed by atoms with van der Waals surface area (Å²) in [6, 6.07) is 7.36. The topological polar surface area (TPSA) is 66.3 Å². The largest absolute Gasteiger partial charge is 0.478 e. The van der Waals surface area contributed by atoms with E-state index in [1.165, 1.54) is 0 Å². The summed E-state index contributed by atoms with van der Waals surface area (Å²) in [6.45, 7) is 2.58. The molecule has 0 aliphatic rings. The van der Waals surface area contributed by atoms with Gasteiger partial charge in [0.2, 0.25) is 0 Å². The fraction of sp³-hybridized carbons (Fsp3) is 0.312. The van der Waals surface area contributed by atoms with Crippen LogP contribution in [0.25, 0.3) is 0 Å². The third kappa shape index (κ3) is 3.64. The van der Waals surface area contributed by atoms with Gasteiger partial charge in [-0.3, -0.25) is 14.9 Å². The molecule has 110 valence electrons. The van der Waals surface area contributed by atoms with Crippen LogP contribution in [0.15, 0.2) is 42.9 Å².